The van der Waals surface area contributed by atoms with Crippen molar-refractivity contribution in [2.45, 2.75) is 49.6 Å². The molecule has 0 aromatic heterocycles. The third-order valence-electron chi connectivity index (χ3n) is 3.85. The van der Waals surface area contributed by atoms with Crippen LogP contribution < -0.4 is 5.32 Å². The summed E-state index contributed by atoms with van der Waals surface area (Å²) in [4.78, 5) is 12.0. The first-order chi connectivity index (χ1) is 9.99. The van der Waals surface area contributed by atoms with E-state index in [-0.39, 0.29) is 43.5 Å². The van der Waals surface area contributed by atoms with Crippen molar-refractivity contribution in [3.8, 4) is 0 Å². The van der Waals surface area contributed by atoms with Crippen molar-refractivity contribution in [1.82, 2.24) is 5.32 Å². The van der Waals surface area contributed by atoms with E-state index in [2.05, 4.69) is 18.2 Å². The summed E-state index contributed by atoms with van der Waals surface area (Å²) in [5.41, 5.74) is 0. The van der Waals surface area contributed by atoms with Crippen LogP contribution in [-0.2, 0) is 18.5 Å². The maximum absolute atomic E-state index is 12.0. The highest BCUT2D eigenvalue weighted by molar-refractivity contribution is 7.75. The molecule has 2 aliphatic heterocycles. The molecule has 21 heavy (non-hydrogen) atoms. The van der Waals surface area contributed by atoms with Crippen LogP contribution in [-0.4, -0.2) is 70.2 Å². The molecule has 2 fully saturated rings. The van der Waals surface area contributed by atoms with Crippen LogP contribution in [0.15, 0.2) is 0 Å². The average molecular weight is 311 g/mol. The Hall–Kier alpha value is -0.210. The van der Waals surface area contributed by atoms with Gasteiger partial charge in [-0.1, -0.05) is 0 Å². The Morgan fingerprint density at radius 1 is 1.29 bits per heavy atom. The summed E-state index contributed by atoms with van der Waals surface area (Å²) >= 11 is 3.70. The predicted octanol–water partition coefficient (Wildman–Crippen LogP) is -1.10. The fraction of sp³-hybridized carbons (Fsp3) is 0.917. The first kappa shape index (κ1) is 17.1. The Bertz CT molecular complexity index is 365. The van der Waals surface area contributed by atoms with Crippen LogP contribution in [0, 0.1) is 5.92 Å². The molecule has 0 spiro atoms. The molecular weight excluding hydrogens is 292 g/mol. The fourth-order valence-electron chi connectivity index (χ4n) is 2.77. The van der Waals surface area contributed by atoms with Crippen molar-refractivity contribution in [3.63, 3.8) is 0 Å². The van der Waals surface area contributed by atoms with Gasteiger partial charge in [0.15, 0.2) is 0 Å². The van der Waals surface area contributed by atoms with Gasteiger partial charge in [0.1, 0.15) is 15.7 Å². The zero-order chi connectivity index (χ0) is 15.4. The van der Waals surface area contributed by atoms with E-state index in [1.807, 2.05) is 0 Å². The molecule has 2 unspecified atom stereocenters. The number of carbonyl (C=O) groups is 1. The normalized spacial score (nSPS) is 39.5. The van der Waals surface area contributed by atoms with Gasteiger partial charge in [-0.2, -0.15) is 0 Å². The summed E-state index contributed by atoms with van der Waals surface area (Å²) in [6, 6.07) is -0.852. The molecule has 9 heteroatoms. The van der Waals surface area contributed by atoms with E-state index in [9.17, 15) is 9.90 Å². The zero-order valence-corrected chi connectivity index (χ0v) is 12.6. The smallest absolute Gasteiger partial charge is 0.220 e. The van der Waals surface area contributed by atoms with Crippen LogP contribution in [0.5, 0.6) is 0 Å². The fourth-order valence-corrected chi connectivity index (χ4v) is 2.92. The maximum Gasteiger partial charge on any atom is 0.220 e. The van der Waals surface area contributed by atoms with Gasteiger partial charge in [-0.25, -0.2) is 0 Å². The van der Waals surface area contributed by atoms with Gasteiger partial charge in [0.2, 0.25) is 5.91 Å². The molecule has 0 aromatic carbocycles. The summed E-state index contributed by atoms with van der Waals surface area (Å²) in [5, 5.41) is 12.4. The van der Waals surface area contributed by atoms with Crippen molar-refractivity contribution >= 4 is 34.5 Å². The zero-order valence-electron chi connectivity index (χ0n) is 11.7. The Kier molecular flexibility index (Phi) is 6.43. The molecule has 1 amide bonds. The molecule has 4 radical (unpaired) electrons. The van der Waals surface area contributed by atoms with E-state index in [0.29, 0.717) is 12.8 Å². The van der Waals surface area contributed by atoms with Gasteiger partial charge in [-0.05, 0) is 31.7 Å². The molecule has 2 N–H and O–H groups in total. The second-order valence-electron chi connectivity index (χ2n) is 5.53. The van der Waals surface area contributed by atoms with Crippen LogP contribution in [0.3, 0.4) is 0 Å². The van der Waals surface area contributed by atoms with Crippen LogP contribution in [0.4, 0.5) is 0 Å². The number of rotatable bonds is 6. The molecule has 2 aliphatic rings. The van der Waals surface area contributed by atoms with Gasteiger partial charge in [0.25, 0.3) is 0 Å². The van der Waals surface area contributed by atoms with Gasteiger partial charge in [-0.15, -0.1) is 0 Å². The third-order valence-corrected chi connectivity index (χ3v) is 4.00. The maximum atomic E-state index is 12.0. The van der Waals surface area contributed by atoms with E-state index in [1.54, 1.807) is 0 Å². The average Bonchev–Trinajstić information content (AvgIpc) is 2.90. The number of hydrogen-bond acceptors (Lipinski definition) is 6. The molecule has 6 atom stereocenters. The molecule has 0 aromatic rings. The molecule has 2 heterocycles. The lowest BCUT2D eigenvalue weighted by Crippen LogP contribution is -2.38. The van der Waals surface area contributed by atoms with E-state index in [0.717, 1.165) is 0 Å². The SMILES string of the molecule is [B][C@H]1CC(O)[C@@H](CNC(=O)CC2C[C@H]([B])O[C@@H]2COS)O1. The highest BCUT2D eigenvalue weighted by Crippen LogP contribution is 2.28. The molecule has 6 nitrogen and oxygen atoms in total. The largest absolute Gasteiger partial charge is 0.390 e. The van der Waals surface area contributed by atoms with Crippen LogP contribution in [0.25, 0.3) is 0 Å². The number of thiol groups is 1. The Labute approximate surface area is 132 Å². The molecule has 0 saturated carbocycles. The Balaban J connectivity index is 1.74. The number of aliphatic hydroxyl groups excluding tert-OH is 1. The first-order valence-corrected chi connectivity index (χ1v) is 7.39. The van der Waals surface area contributed by atoms with E-state index < -0.39 is 18.2 Å². The first-order valence-electron chi connectivity index (χ1n) is 7.02. The Morgan fingerprint density at radius 2 is 1.95 bits per heavy atom. The Morgan fingerprint density at radius 3 is 2.57 bits per heavy atom. The van der Waals surface area contributed by atoms with E-state index in [4.69, 9.17) is 29.3 Å². The summed E-state index contributed by atoms with van der Waals surface area (Å²) < 4.78 is 15.5. The predicted molar refractivity (Wildman–Crippen MR) is 80.1 cm³/mol. The number of ether oxygens (including phenoxy) is 2. The standard InChI is InChI=1S/C12H19B2NO5S/c13-10-1-6(9(20-10)5-18-21)2-12(17)15-4-8-7(16)3-11(14)19-8/h6-11,16,21H,1-5H2,(H,15,17)/t6?,7?,8-,9-,10-,11-/m1/s1. The van der Waals surface area contributed by atoms with E-state index in [1.165, 1.54) is 0 Å². The minimum atomic E-state index is -0.645. The summed E-state index contributed by atoms with van der Waals surface area (Å²) in [6.07, 6.45) is -0.0678. The lowest BCUT2D eigenvalue weighted by Gasteiger charge is -2.19. The van der Waals surface area contributed by atoms with Gasteiger partial charge < -0.3 is 24.1 Å². The molecule has 2 rings (SSSR count). The van der Waals surface area contributed by atoms with Crippen molar-refractivity contribution in [1.29, 1.82) is 0 Å². The molecule has 2 saturated heterocycles. The minimum absolute atomic E-state index is 0.0103. The second-order valence-corrected chi connectivity index (χ2v) is 5.79. The van der Waals surface area contributed by atoms with Crippen LogP contribution in [0.2, 0.25) is 0 Å². The van der Waals surface area contributed by atoms with Gasteiger partial charge in [-0.3, -0.25) is 4.79 Å². The molecule has 0 aliphatic carbocycles. The number of hydrogen-bond donors (Lipinski definition) is 3. The van der Waals surface area contributed by atoms with Crippen molar-refractivity contribution in [2.75, 3.05) is 13.2 Å². The van der Waals surface area contributed by atoms with Gasteiger partial charge in [0, 0.05) is 25.0 Å². The van der Waals surface area contributed by atoms with Gasteiger partial charge >= 0.3 is 0 Å². The quantitative estimate of drug-likeness (QED) is 0.330. The van der Waals surface area contributed by atoms with E-state index >= 15 is 0 Å². The summed E-state index contributed by atoms with van der Waals surface area (Å²) in [7, 11) is 11.3. The monoisotopic (exact) mass is 311 g/mol. The highest BCUT2D eigenvalue weighted by Gasteiger charge is 2.35. The number of amides is 1. The van der Waals surface area contributed by atoms with Crippen LogP contribution in [0.1, 0.15) is 19.3 Å². The van der Waals surface area contributed by atoms with Crippen LogP contribution >= 0.6 is 12.9 Å². The summed E-state index contributed by atoms with van der Waals surface area (Å²) in [6.45, 7) is 0.523. The van der Waals surface area contributed by atoms with Crippen molar-refractivity contribution < 1.29 is 23.6 Å². The summed E-state index contributed by atoms with van der Waals surface area (Å²) in [5.74, 6) is -0.151. The van der Waals surface area contributed by atoms with Crippen molar-refractivity contribution in [2.24, 2.45) is 5.92 Å². The third kappa shape index (κ3) is 4.89. The molecule has 0 bridgehead atoms. The second kappa shape index (κ2) is 7.87. The topological polar surface area (TPSA) is 77.0 Å². The highest BCUT2D eigenvalue weighted by atomic mass is 32.1. The molecule has 114 valence electrons. The minimum Gasteiger partial charge on any atom is -0.390 e. The number of carbonyl (C=O) groups excluding carboxylic acids is 1. The number of aliphatic hydroxyl groups is 1. The van der Waals surface area contributed by atoms with Gasteiger partial charge in [0.05, 0.1) is 24.9 Å². The lowest BCUT2D eigenvalue weighted by molar-refractivity contribution is -0.123. The lowest BCUT2D eigenvalue weighted by atomic mass is 9.89. The number of nitrogens with one attached hydrogen (secondary N) is 1. The van der Waals surface area contributed by atoms with Crippen molar-refractivity contribution in [3.05, 3.63) is 0 Å². The molecular formula is C12H19B2NO5S.